The summed E-state index contributed by atoms with van der Waals surface area (Å²) in [6, 6.07) is 4.75. The summed E-state index contributed by atoms with van der Waals surface area (Å²) in [7, 11) is 1.66. The van der Waals surface area contributed by atoms with Crippen molar-refractivity contribution in [2.24, 2.45) is 5.73 Å². The largest absolute Gasteiger partial charge is 0.496 e. The Bertz CT molecular complexity index is 627. The second kappa shape index (κ2) is 8.31. The summed E-state index contributed by atoms with van der Waals surface area (Å²) in [6.07, 6.45) is 1.65. The molecule has 0 radical (unpaired) electrons. The predicted molar refractivity (Wildman–Crippen MR) is 94.7 cm³/mol. The number of urea groups is 1. The van der Waals surface area contributed by atoms with Crippen molar-refractivity contribution >= 4 is 11.9 Å². The number of imide groups is 1. The molecule has 3 amide bonds. The zero-order valence-corrected chi connectivity index (χ0v) is 15.1. The number of primary amides is 1. The van der Waals surface area contributed by atoms with E-state index in [2.05, 4.69) is 16.7 Å². The maximum absolute atomic E-state index is 11.9. The second-order valence-electron chi connectivity index (χ2n) is 6.55. The van der Waals surface area contributed by atoms with Gasteiger partial charge in [-0.25, -0.2) is 4.79 Å². The highest BCUT2D eigenvalue weighted by molar-refractivity contribution is 5.96. The molecule has 2 rings (SSSR count). The Kier molecular flexibility index (Phi) is 6.39. The van der Waals surface area contributed by atoms with E-state index in [0.29, 0.717) is 19.8 Å². The van der Waals surface area contributed by atoms with E-state index < -0.39 is 18.0 Å². The Balaban J connectivity index is 2.22. The Morgan fingerprint density at radius 3 is 2.64 bits per heavy atom. The van der Waals surface area contributed by atoms with Gasteiger partial charge < -0.3 is 20.5 Å². The summed E-state index contributed by atoms with van der Waals surface area (Å²) >= 11 is 0. The zero-order chi connectivity index (χ0) is 18.4. The normalized spacial score (nSPS) is 17.6. The molecule has 7 nitrogen and oxygen atoms in total. The van der Waals surface area contributed by atoms with Crippen molar-refractivity contribution in [1.29, 1.82) is 0 Å². The highest BCUT2D eigenvalue weighted by Crippen LogP contribution is 2.40. The molecule has 0 aromatic heterocycles. The molecule has 1 aliphatic rings. The summed E-state index contributed by atoms with van der Waals surface area (Å²) in [5.74, 6) is 0.398. The number of ether oxygens (including phenoxy) is 2. The molecule has 1 aromatic carbocycles. The summed E-state index contributed by atoms with van der Waals surface area (Å²) in [6.45, 7) is 5.63. The Morgan fingerprint density at radius 1 is 1.36 bits per heavy atom. The van der Waals surface area contributed by atoms with Gasteiger partial charge in [0.15, 0.2) is 0 Å². The molecule has 1 aromatic rings. The van der Waals surface area contributed by atoms with Crippen molar-refractivity contribution in [1.82, 2.24) is 10.6 Å². The van der Waals surface area contributed by atoms with E-state index >= 15 is 0 Å². The van der Waals surface area contributed by atoms with Crippen molar-refractivity contribution in [2.75, 3.05) is 26.9 Å². The molecule has 0 unspecified atom stereocenters. The van der Waals surface area contributed by atoms with E-state index in [0.717, 1.165) is 29.7 Å². The third kappa shape index (κ3) is 4.70. The quantitative estimate of drug-likeness (QED) is 0.717. The number of amides is 3. The molecule has 1 heterocycles. The zero-order valence-electron chi connectivity index (χ0n) is 15.1. The summed E-state index contributed by atoms with van der Waals surface area (Å²) < 4.78 is 11.1. The van der Waals surface area contributed by atoms with Gasteiger partial charge in [-0.1, -0.05) is 17.7 Å². The van der Waals surface area contributed by atoms with Crippen LogP contribution < -0.4 is 21.1 Å². The van der Waals surface area contributed by atoms with Crippen LogP contribution in [0.4, 0.5) is 4.79 Å². The molecule has 1 fully saturated rings. The first kappa shape index (κ1) is 19.2. The summed E-state index contributed by atoms with van der Waals surface area (Å²) in [5.41, 5.74) is 7.09. The molecule has 1 atom stereocenters. The first-order valence-electron chi connectivity index (χ1n) is 8.44. The number of hydrogen-bond donors (Lipinski definition) is 3. The maximum Gasteiger partial charge on any atom is 0.318 e. The van der Waals surface area contributed by atoms with Crippen LogP contribution in [-0.4, -0.2) is 44.8 Å². The van der Waals surface area contributed by atoms with Crippen molar-refractivity contribution in [3.05, 3.63) is 29.3 Å². The molecular weight excluding hydrogens is 322 g/mol. The van der Waals surface area contributed by atoms with E-state index in [1.807, 2.05) is 19.1 Å². The number of carbonyl (C=O) groups excluding carboxylic acids is 2. The molecule has 1 aliphatic heterocycles. The average Bonchev–Trinajstić information content (AvgIpc) is 2.59. The number of carbonyl (C=O) groups is 2. The van der Waals surface area contributed by atoms with Gasteiger partial charge in [-0.05, 0) is 32.8 Å². The van der Waals surface area contributed by atoms with Crippen LogP contribution >= 0.6 is 0 Å². The number of hydrogen-bond acceptors (Lipinski definition) is 5. The topological polar surface area (TPSA) is 103 Å². The summed E-state index contributed by atoms with van der Waals surface area (Å²) in [4.78, 5) is 22.8. The predicted octanol–water partition coefficient (Wildman–Crippen LogP) is 1.22. The van der Waals surface area contributed by atoms with Crippen molar-refractivity contribution in [3.63, 3.8) is 0 Å². The molecule has 7 heteroatoms. The molecule has 4 N–H and O–H groups in total. The minimum absolute atomic E-state index is 0.198. The van der Waals surface area contributed by atoms with E-state index in [-0.39, 0.29) is 5.41 Å². The van der Waals surface area contributed by atoms with E-state index in [1.165, 1.54) is 0 Å². The standard InChI is InChI=1S/C18H27N3O4/c1-12-4-5-15(24-3)14(10-12)18(6-8-25-9-7-18)11-20-13(2)16(22)21-17(19)23/h4-5,10,13,20H,6-9,11H2,1-3H3,(H3,19,21,22,23)/t13-/m1/s1. The number of benzene rings is 1. The molecule has 138 valence electrons. The average molecular weight is 349 g/mol. The third-order valence-electron chi connectivity index (χ3n) is 4.76. The van der Waals surface area contributed by atoms with E-state index in [1.54, 1.807) is 14.0 Å². The summed E-state index contributed by atoms with van der Waals surface area (Å²) in [5, 5.41) is 5.34. The van der Waals surface area contributed by atoms with E-state index in [4.69, 9.17) is 15.2 Å². The Labute approximate surface area is 148 Å². The molecule has 0 spiro atoms. The molecule has 1 saturated heterocycles. The molecule has 0 aliphatic carbocycles. The number of aryl methyl sites for hydroxylation is 1. The van der Waals surface area contributed by atoms with Gasteiger partial charge in [0.05, 0.1) is 13.2 Å². The molecule has 0 bridgehead atoms. The molecule has 0 saturated carbocycles. The Morgan fingerprint density at radius 2 is 2.04 bits per heavy atom. The minimum Gasteiger partial charge on any atom is -0.496 e. The van der Waals surface area contributed by atoms with Crippen molar-refractivity contribution in [3.8, 4) is 5.75 Å². The lowest BCUT2D eigenvalue weighted by Crippen LogP contribution is -2.51. The lowest BCUT2D eigenvalue weighted by Gasteiger charge is -2.39. The molecule has 25 heavy (non-hydrogen) atoms. The van der Waals surface area contributed by atoms with Gasteiger partial charge in [-0.2, -0.15) is 0 Å². The third-order valence-corrected chi connectivity index (χ3v) is 4.76. The first-order chi connectivity index (χ1) is 11.9. The van der Waals surface area contributed by atoms with Crippen LogP contribution in [-0.2, 0) is 14.9 Å². The van der Waals surface area contributed by atoms with Gasteiger partial charge in [-0.15, -0.1) is 0 Å². The van der Waals surface area contributed by atoms with Crippen LogP contribution in [0, 0.1) is 6.92 Å². The van der Waals surface area contributed by atoms with Crippen LogP contribution in [0.25, 0.3) is 0 Å². The van der Waals surface area contributed by atoms with Gasteiger partial charge in [0.2, 0.25) is 5.91 Å². The van der Waals surface area contributed by atoms with Crippen LogP contribution in [0.5, 0.6) is 5.75 Å². The SMILES string of the molecule is COc1ccc(C)cc1C1(CN[C@H](C)C(=O)NC(N)=O)CCOCC1. The van der Waals surface area contributed by atoms with Crippen LogP contribution in [0.15, 0.2) is 18.2 Å². The highest BCUT2D eigenvalue weighted by Gasteiger charge is 2.37. The van der Waals surface area contributed by atoms with Gasteiger partial charge in [0.1, 0.15) is 5.75 Å². The second-order valence-corrected chi connectivity index (χ2v) is 6.55. The van der Waals surface area contributed by atoms with Gasteiger partial charge in [-0.3, -0.25) is 10.1 Å². The van der Waals surface area contributed by atoms with Crippen molar-refractivity contribution < 1.29 is 19.1 Å². The number of rotatable bonds is 6. The lowest BCUT2D eigenvalue weighted by molar-refractivity contribution is -0.121. The van der Waals surface area contributed by atoms with Gasteiger partial charge >= 0.3 is 6.03 Å². The number of nitrogens with one attached hydrogen (secondary N) is 2. The minimum atomic E-state index is -0.847. The van der Waals surface area contributed by atoms with Crippen LogP contribution in [0.1, 0.15) is 30.9 Å². The van der Waals surface area contributed by atoms with Crippen LogP contribution in [0.3, 0.4) is 0 Å². The maximum atomic E-state index is 11.9. The van der Waals surface area contributed by atoms with E-state index in [9.17, 15) is 9.59 Å². The highest BCUT2D eigenvalue weighted by atomic mass is 16.5. The smallest absolute Gasteiger partial charge is 0.318 e. The fourth-order valence-electron chi connectivity index (χ4n) is 3.21. The fraction of sp³-hybridized carbons (Fsp3) is 0.556. The monoisotopic (exact) mass is 349 g/mol. The lowest BCUT2D eigenvalue weighted by atomic mass is 9.73. The number of methoxy groups -OCH3 is 1. The van der Waals surface area contributed by atoms with Crippen molar-refractivity contribution in [2.45, 2.75) is 38.1 Å². The first-order valence-corrected chi connectivity index (χ1v) is 8.44. The fourth-order valence-corrected chi connectivity index (χ4v) is 3.21. The van der Waals surface area contributed by atoms with Gasteiger partial charge in [0, 0.05) is 30.7 Å². The molecular formula is C18H27N3O4. The van der Waals surface area contributed by atoms with Crippen LogP contribution in [0.2, 0.25) is 0 Å². The Hall–Kier alpha value is -2.12. The number of nitrogens with two attached hydrogens (primary N) is 1. The van der Waals surface area contributed by atoms with Gasteiger partial charge in [0.25, 0.3) is 0 Å².